The van der Waals surface area contributed by atoms with Crippen molar-refractivity contribution in [3.05, 3.63) is 95.1 Å². The number of carbonyl (C=O) groups is 2. The van der Waals surface area contributed by atoms with Gasteiger partial charge in [-0.25, -0.2) is 4.39 Å². The van der Waals surface area contributed by atoms with E-state index < -0.39 is 5.91 Å². The summed E-state index contributed by atoms with van der Waals surface area (Å²) in [5, 5.41) is 11.5. The Hall–Kier alpha value is -4.33. The van der Waals surface area contributed by atoms with Crippen molar-refractivity contribution < 1.29 is 19.1 Å². The minimum absolute atomic E-state index is 0.0765. The lowest BCUT2D eigenvalue weighted by atomic mass is 9.95. The average Bonchev–Trinajstić information content (AvgIpc) is 3.19. The molecule has 0 fully saturated rings. The van der Waals surface area contributed by atoms with Crippen LogP contribution in [0.25, 0.3) is 10.9 Å². The van der Waals surface area contributed by atoms with Gasteiger partial charge in [-0.1, -0.05) is 30.9 Å². The summed E-state index contributed by atoms with van der Waals surface area (Å²) >= 11 is 0. The lowest BCUT2D eigenvalue weighted by molar-refractivity contribution is 0.0754. The van der Waals surface area contributed by atoms with Gasteiger partial charge in [-0.05, 0) is 43.7 Å². The van der Waals surface area contributed by atoms with Crippen LogP contribution in [0.2, 0.25) is 0 Å². The zero-order valence-electron chi connectivity index (χ0n) is 20.2. The van der Waals surface area contributed by atoms with E-state index in [1.165, 1.54) is 23.2 Å². The fourth-order valence-corrected chi connectivity index (χ4v) is 4.32. The molecule has 1 aromatic heterocycles. The van der Waals surface area contributed by atoms with E-state index in [9.17, 15) is 19.1 Å². The van der Waals surface area contributed by atoms with Gasteiger partial charge in [0.05, 0.1) is 23.4 Å². The van der Waals surface area contributed by atoms with E-state index in [2.05, 4.69) is 16.6 Å². The molecule has 4 rings (SSSR count). The van der Waals surface area contributed by atoms with Crippen molar-refractivity contribution in [1.82, 2.24) is 14.8 Å². The smallest absolute Gasteiger partial charge is 0.258 e. The molecule has 1 aliphatic rings. The Kier molecular flexibility index (Phi) is 7.24. The second kappa shape index (κ2) is 10.5. The number of likely N-dealkylation sites (N-methyl/N-ethyl adjacent to an activating group) is 1. The largest absolute Gasteiger partial charge is 0.505 e. The van der Waals surface area contributed by atoms with E-state index in [0.29, 0.717) is 28.8 Å². The van der Waals surface area contributed by atoms with E-state index in [4.69, 9.17) is 0 Å². The predicted octanol–water partition coefficient (Wildman–Crippen LogP) is 4.86. The zero-order valence-corrected chi connectivity index (χ0v) is 20.2. The first kappa shape index (κ1) is 24.8. The number of halogens is 1. The molecule has 7 nitrogen and oxygen atoms in total. The van der Waals surface area contributed by atoms with Crippen LogP contribution in [0.4, 0.5) is 4.39 Å². The van der Waals surface area contributed by atoms with Crippen LogP contribution < -0.4 is 0 Å². The number of carbonyl (C=O) groups excluding carboxylic acids is 2. The number of rotatable bonds is 8. The Morgan fingerprint density at radius 1 is 1.31 bits per heavy atom. The second-order valence-corrected chi connectivity index (χ2v) is 8.45. The van der Waals surface area contributed by atoms with Gasteiger partial charge in [-0.15, -0.1) is 0 Å². The summed E-state index contributed by atoms with van der Waals surface area (Å²) in [6.45, 7) is 8.61. The van der Waals surface area contributed by atoms with Gasteiger partial charge < -0.3 is 14.9 Å². The lowest BCUT2D eigenvalue weighted by Crippen LogP contribution is -2.33. The van der Waals surface area contributed by atoms with Gasteiger partial charge >= 0.3 is 0 Å². The number of aromatic nitrogens is 1. The molecular formula is C28H27FN4O3. The molecule has 0 spiro atoms. The van der Waals surface area contributed by atoms with Crippen molar-refractivity contribution in [1.29, 1.82) is 0 Å². The molecule has 0 radical (unpaired) electrons. The first-order valence-electron chi connectivity index (χ1n) is 11.6. The molecule has 1 N–H and O–H groups in total. The third-order valence-corrected chi connectivity index (χ3v) is 6.07. The quantitative estimate of drug-likeness (QED) is 0.461. The summed E-state index contributed by atoms with van der Waals surface area (Å²) in [5.74, 6) is -1.32. The predicted molar refractivity (Wildman–Crippen MR) is 137 cm³/mol. The van der Waals surface area contributed by atoms with E-state index >= 15 is 0 Å². The van der Waals surface area contributed by atoms with Crippen molar-refractivity contribution in [2.75, 3.05) is 13.1 Å². The molecule has 0 aliphatic carbocycles. The fourth-order valence-electron chi connectivity index (χ4n) is 4.32. The Morgan fingerprint density at radius 3 is 2.75 bits per heavy atom. The monoisotopic (exact) mass is 486 g/mol. The van der Waals surface area contributed by atoms with Gasteiger partial charge in [0.2, 0.25) is 0 Å². The van der Waals surface area contributed by atoms with Crippen LogP contribution in [0.5, 0.6) is 5.75 Å². The number of benzene rings is 2. The van der Waals surface area contributed by atoms with Gasteiger partial charge in [0.1, 0.15) is 11.3 Å². The number of aromatic hydroxyl groups is 1. The molecule has 2 amide bonds. The van der Waals surface area contributed by atoms with Crippen molar-refractivity contribution in [2.24, 2.45) is 4.99 Å². The molecule has 2 aromatic carbocycles. The minimum Gasteiger partial charge on any atom is -0.505 e. The fraction of sp³-hybridized carbons (Fsp3) is 0.214. The van der Waals surface area contributed by atoms with Gasteiger partial charge in [-0.3, -0.25) is 19.6 Å². The number of hydrogen-bond donors (Lipinski definition) is 1. The number of amides is 2. The summed E-state index contributed by atoms with van der Waals surface area (Å²) in [7, 11) is 0. The molecule has 0 saturated heterocycles. The van der Waals surface area contributed by atoms with Crippen molar-refractivity contribution in [3.63, 3.8) is 0 Å². The summed E-state index contributed by atoms with van der Waals surface area (Å²) < 4.78 is 13.4. The molecule has 8 heteroatoms. The Morgan fingerprint density at radius 2 is 2.06 bits per heavy atom. The third kappa shape index (κ3) is 4.75. The van der Waals surface area contributed by atoms with Crippen LogP contribution in [0.1, 0.15) is 45.7 Å². The third-order valence-electron chi connectivity index (χ3n) is 6.07. The molecule has 0 bridgehead atoms. The topological polar surface area (TPSA) is 86.1 Å². The van der Waals surface area contributed by atoms with Crippen LogP contribution in [0.15, 0.2) is 72.0 Å². The maximum Gasteiger partial charge on any atom is 0.258 e. The highest BCUT2D eigenvalue weighted by atomic mass is 19.1. The number of fused-ring (bicyclic) bond motifs is 2. The molecule has 2 heterocycles. The number of pyridine rings is 1. The first-order chi connectivity index (χ1) is 17.3. The molecular weight excluding hydrogens is 459 g/mol. The van der Waals surface area contributed by atoms with Crippen LogP contribution in [0, 0.1) is 5.82 Å². The second-order valence-electron chi connectivity index (χ2n) is 8.45. The molecule has 36 heavy (non-hydrogen) atoms. The highest BCUT2D eigenvalue weighted by molar-refractivity contribution is 6.15. The number of hydrogen-bond acceptors (Lipinski definition) is 5. The van der Waals surface area contributed by atoms with Crippen molar-refractivity contribution in [3.8, 4) is 5.75 Å². The maximum atomic E-state index is 13.9. The van der Waals surface area contributed by atoms with Crippen LogP contribution in [0.3, 0.4) is 0 Å². The number of phenolic OH excluding ortho intramolecular Hbond substituents is 1. The van der Waals surface area contributed by atoms with Crippen LogP contribution in [-0.2, 0) is 13.1 Å². The molecule has 184 valence electrons. The van der Waals surface area contributed by atoms with E-state index in [1.54, 1.807) is 41.5 Å². The molecule has 0 saturated carbocycles. The van der Waals surface area contributed by atoms with Crippen LogP contribution >= 0.6 is 0 Å². The Labute approximate surface area is 208 Å². The molecule has 1 aliphatic heterocycles. The zero-order chi connectivity index (χ0) is 25.8. The molecule has 0 unspecified atom stereocenters. The normalized spacial score (nSPS) is 13.2. The first-order valence-corrected chi connectivity index (χ1v) is 11.6. The van der Waals surface area contributed by atoms with Crippen molar-refractivity contribution in [2.45, 2.75) is 26.9 Å². The summed E-state index contributed by atoms with van der Waals surface area (Å²) in [4.78, 5) is 38.9. The summed E-state index contributed by atoms with van der Waals surface area (Å²) in [5.41, 5.74) is 2.29. The Balaban J connectivity index is 1.76. The molecule has 0 atom stereocenters. The lowest BCUT2D eigenvalue weighted by Gasteiger charge is -2.23. The SMILES string of the molecule is C=C(CN(CC)C(=O)c1c2c(c(O)c3ncccc13)C(=O)N(Cc1ccc(F)cc1)C2)N=C/C=C\C. The number of phenols is 1. The van der Waals surface area contributed by atoms with E-state index in [0.717, 1.165) is 5.56 Å². The number of allylic oxidation sites excluding steroid dienone is 2. The summed E-state index contributed by atoms with van der Waals surface area (Å²) in [6.07, 6.45) is 6.74. The van der Waals surface area contributed by atoms with E-state index in [1.807, 2.05) is 19.9 Å². The Bertz CT molecular complexity index is 1400. The van der Waals surface area contributed by atoms with E-state index in [-0.39, 0.29) is 48.2 Å². The highest BCUT2D eigenvalue weighted by Gasteiger charge is 2.37. The molecule has 3 aromatic rings. The highest BCUT2D eigenvalue weighted by Crippen LogP contribution is 2.40. The number of nitrogens with zero attached hydrogens (tertiary/aromatic N) is 4. The van der Waals surface area contributed by atoms with Crippen molar-refractivity contribution >= 4 is 28.9 Å². The summed E-state index contributed by atoms with van der Waals surface area (Å²) in [6, 6.07) is 9.28. The van der Waals surface area contributed by atoms with Gasteiger partial charge in [0.25, 0.3) is 11.8 Å². The average molecular weight is 487 g/mol. The van der Waals surface area contributed by atoms with Gasteiger partial charge in [-0.2, -0.15) is 0 Å². The number of aliphatic imine (C=N–C) groups is 1. The van der Waals surface area contributed by atoms with Gasteiger partial charge in [0, 0.05) is 43.0 Å². The maximum absolute atomic E-state index is 13.9. The van der Waals surface area contributed by atoms with Gasteiger partial charge in [0.15, 0.2) is 5.75 Å². The minimum atomic E-state index is -0.406. The van der Waals surface area contributed by atoms with Crippen LogP contribution in [-0.4, -0.2) is 51.0 Å². The standard InChI is InChI=1S/C28H27FN4O3/c1-4-6-13-30-18(3)15-32(5-2)27(35)23-21-8-7-14-31-25(21)26(34)24-22(23)17-33(28(24)36)16-19-9-11-20(29)12-10-19/h4,6-14,34H,3,5,15-17H2,1-2H3/b6-4-,30-13?.